The van der Waals surface area contributed by atoms with E-state index in [1.165, 1.54) is 50.6 Å². The number of nitrogen functional groups attached to an aromatic ring is 1. The molecule has 0 spiro atoms. The highest BCUT2D eigenvalue weighted by Crippen LogP contribution is 2.39. The molecule has 10 nitrogen and oxygen atoms in total. The van der Waals surface area contributed by atoms with Gasteiger partial charge in [0.1, 0.15) is 29.6 Å². The minimum Gasteiger partial charge on any atom is -0.479 e. The Morgan fingerprint density at radius 2 is 1.82 bits per heavy atom. The Balaban J connectivity index is 1.84. The van der Waals surface area contributed by atoms with Crippen LogP contribution >= 0.6 is 0 Å². The van der Waals surface area contributed by atoms with Gasteiger partial charge in [0.2, 0.25) is 17.4 Å². The molecule has 0 aliphatic rings. The summed E-state index contributed by atoms with van der Waals surface area (Å²) >= 11 is 0. The number of nitrogens with two attached hydrogens (primary N) is 1. The van der Waals surface area contributed by atoms with Crippen LogP contribution in [0.5, 0.6) is 5.88 Å². The molecular weight excluding hydrogens is 517 g/mol. The largest absolute Gasteiger partial charge is 0.479 e. The summed E-state index contributed by atoms with van der Waals surface area (Å²) in [6.07, 6.45) is -1.34. The number of halogens is 3. The lowest BCUT2D eigenvalue weighted by molar-refractivity contribution is -0.161. The lowest BCUT2D eigenvalue weighted by atomic mass is 9.99. The summed E-state index contributed by atoms with van der Waals surface area (Å²) in [6.45, 7) is 2.73. The Kier molecular flexibility index (Phi) is 7.54. The van der Waals surface area contributed by atoms with Gasteiger partial charge in [-0.3, -0.25) is 4.98 Å². The molecule has 1 unspecified atom stereocenters. The van der Waals surface area contributed by atoms with Gasteiger partial charge < -0.3 is 24.9 Å². The Bertz CT molecular complexity index is 1530. The van der Waals surface area contributed by atoms with Crippen molar-refractivity contribution in [2.45, 2.75) is 32.5 Å². The highest BCUT2D eigenvalue weighted by molar-refractivity contribution is 5.85. The molecule has 1 aromatic carbocycles. The van der Waals surface area contributed by atoms with E-state index in [1.807, 2.05) is 0 Å². The van der Waals surface area contributed by atoms with Crippen LogP contribution in [-0.4, -0.2) is 42.7 Å². The van der Waals surface area contributed by atoms with Crippen molar-refractivity contribution in [3.8, 4) is 28.3 Å². The number of pyridine rings is 1. The van der Waals surface area contributed by atoms with Crippen molar-refractivity contribution in [1.82, 2.24) is 24.5 Å². The number of carboxylic acids is 1. The Labute approximate surface area is 221 Å². The number of alkyl halides is 2. The highest BCUT2D eigenvalue weighted by Gasteiger charge is 2.38. The summed E-state index contributed by atoms with van der Waals surface area (Å²) < 4.78 is 53.6. The fraction of sp³-hybridized carbons (Fsp3) is 0.269. The van der Waals surface area contributed by atoms with Gasteiger partial charge in [0.15, 0.2) is 0 Å². The Morgan fingerprint density at radius 1 is 1.13 bits per heavy atom. The Hall–Kier alpha value is -4.52. The van der Waals surface area contributed by atoms with Crippen LogP contribution in [0.4, 0.5) is 19.1 Å². The number of aliphatic carboxylic acids is 1. The van der Waals surface area contributed by atoms with Gasteiger partial charge in [0.25, 0.3) is 6.43 Å². The molecule has 13 heteroatoms. The number of aromatic nitrogens is 5. The first-order valence-electron chi connectivity index (χ1n) is 11.6. The number of anilines is 1. The van der Waals surface area contributed by atoms with Gasteiger partial charge in [0, 0.05) is 31.6 Å². The summed E-state index contributed by atoms with van der Waals surface area (Å²) in [5.41, 5.74) is 5.45. The van der Waals surface area contributed by atoms with Crippen molar-refractivity contribution in [2.75, 3.05) is 12.8 Å². The molecule has 0 fully saturated rings. The number of aryl methyl sites for hydroxylation is 2. The fourth-order valence-corrected chi connectivity index (χ4v) is 3.89. The standard InChI is InChI=1S/C26H25F3N6O4/c1-13-9-15(10-17(31-13)22(28)29)20-21(14-5-7-16(27)8-6-14)33-25(30)34-23(20)39-12-19-32-18(11-35(19)3)26(2,38-4)24(36)37/h5-11,22H,12H2,1-4H3,(H,36,37)(H2,30,33,34). The van der Waals surface area contributed by atoms with Crippen LogP contribution in [0, 0.1) is 12.7 Å². The number of carbonyl (C=O) groups is 1. The predicted molar refractivity (Wildman–Crippen MR) is 134 cm³/mol. The molecule has 0 aliphatic carbocycles. The van der Waals surface area contributed by atoms with Crippen LogP contribution < -0.4 is 10.5 Å². The third-order valence-electron chi connectivity index (χ3n) is 6.11. The second-order valence-electron chi connectivity index (χ2n) is 8.82. The first kappa shape index (κ1) is 27.5. The van der Waals surface area contributed by atoms with Crippen LogP contribution in [0.25, 0.3) is 22.4 Å². The molecule has 0 saturated carbocycles. The molecule has 0 amide bonds. The molecule has 3 N–H and O–H groups in total. The first-order valence-corrected chi connectivity index (χ1v) is 11.6. The summed E-state index contributed by atoms with van der Waals surface area (Å²) in [5, 5.41) is 9.61. The van der Waals surface area contributed by atoms with E-state index in [1.54, 1.807) is 24.6 Å². The second kappa shape index (κ2) is 10.7. The van der Waals surface area contributed by atoms with Crippen molar-refractivity contribution < 1.29 is 32.5 Å². The number of hydrogen-bond acceptors (Lipinski definition) is 8. The second-order valence-corrected chi connectivity index (χ2v) is 8.82. The molecule has 0 bridgehead atoms. The monoisotopic (exact) mass is 542 g/mol. The lowest BCUT2D eigenvalue weighted by Crippen LogP contribution is -2.34. The van der Waals surface area contributed by atoms with E-state index >= 15 is 0 Å². The summed E-state index contributed by atoms with van der Waals surface area (Å²) in [7, 11) is 2.91. The zero-order valence-electron chi connectivity index (χ0n) is 21.4. The zero-order chi connectivity index (χ0) is 28.5. The number of hydrogen-bond donors (Lipinski definition) is 2. The molecule has 4 aromatic rings. The number of methoxy groups -OCH3 is 1. The van der Waals surface area contributed by atoms with Crippen molar-refractivity contribution >= 4 is 11.9 Å². The van der Waals surface area contributed by atoms with Crippen LogP contribution in [0.2, 0.25) is 0 Å². The van der Waals surface area contributed by atoms with Crippen molar-refractivity contribution in [3.63, 3.8) is 0 Å². The molecule has 3 heterocycles. The topological polar surface area (TPSA) is 138 Å². The minimum atomic E-state index is -2.84. The van der Waals surface area contributed by atoms with Gasteiger partial charge in [0.05, 0.1) is 11.3 Å². The maximum Gasteiger partial charge on any atom is 0.342 e. The first-order chi connectivity index (χ1) is 18.4. The number of ether oxygens (including phenoxy) is 2. The molecule has 4 rings (SSSR count). The van der Waals surface area contributed by atoms with Gasteiger partial charge in [-0.1, -0.05) is 0 Å². The molecule has 0 aliphatic heterocycles. The third-order valence-corrected chi connectivity index (χ3v) is 6.11. The quantitative estimate of drug-likeness (QED) is 0.314. The van der Waals surface area contributed by atoms with Crippen LogP contribution in [0.1, 0.15) is 36.3 Å². The van der Waals surface area contributed by atoms with Crippen molar-refractivity contribution in [2.24, 2.45) is 7.05 Å². The summed E-state index contributed by atoms with van der Waals surface area (Å²) in [5.74, 6) is -1.61. The van der Waals surface area contributed by atoms with E-state index in [0.29, 0.717) is 17.1 Å². The number of benzene rings is 1. The SMILES string of the molecule is COC(C)(C(=O)O)c1cn(C)c(COc2nc(N)nc(-c3ccc(F)cc3)c2-c2cc(C)nc(C(F)F)c2)n1. The van der Waals surface area contributed by atoms with Gasteiger partial charge in [-0.25, -0.2) is 27.9 Å². The molecular formula is C26H25F3N6O4. The maximum atomic E-state index is 13.7. The molecule has 0 radical (unpaired) electrons. The van der Waals surface area contributed by atoms with E-state index in [0.717, 1.165) is 0 Å². The number of carboxylic acid groups (broad SMARTS) is 1. The van der Waals surface area contributed by atoms with Gasteiger partial charge in [-0.2, -0.15) is 4.98 Å². The average molecular weight is 543 g/mol. The van der Waals surface area contributed by atoms with E-state index in [4.69, 9.17) is 15.2 Å². The van der Waals surface area contributed by atoms with Crippen LogP contribution in [0.3, 0.4) is 0 Å². The fourth-order valence-electron chi connectivity index (χ4n) is 3.89. The number of nitrogens with zero attached hydrogens (tertiary/aromatic N) is 5. The molecule has 204 valence electrons. The van der Waals surface area contributed by atoms with Crippen molar-refractivity contribution in [1.29, 1.82) is 0 Å². The van der Waals surface area contributed by atoms with Gasteiger partial charge >= 0.3 is 5.97 Å². The number of rotatable bonds is 9. The van der Waals surface area contributed by atoms with Gasteiger partial charge in [-0.15, -0.1) is 0 Å². The zero-order valence-corrected chi connectivity index (χ0v) is 21.4. The molecule has 1 atom stereocenters. The summed E-state index contributed by atoms with van der Waals surface area (Å²) in [6, 6.07) is 8.15. The van der Waals surface area contributed by atoms with Crippen LogP contribution in [-0.2, 0) is 28.8 Å². The maximum absolute atomic E-state index is 13.7. The Morgan fingerprint density at radius 3 is 2.44 bits per heavy atom. The minimum absolute atomic E-state index is 0.0510. The van der Waals surface area contributed by atoms with Gasteiger partial charge in [-0.05, 0) is 55.8 Å². The highest BCUT2D eigenvalue weighted by atomic mass is 19.3. The molecule has 39 heavy (non-hydrogen) atoms. The third kappa shape index (κ3) is 5.53. The van der Waals surface area contributed by atoms with E-state index in [2.05, 4.69) is 19.9 Å². The van der Waals surface area contributed by atoms with E-state index in [9.17, 15) is 23.1 Å². The number of imidazole rings is 1. The van der Waals surface area contributed by atoms with E-state index < -0.39 is 29.5 Å². The predicted octanol–water partition coefficient (Wildman–Crippen LogP) is 4.43. The average Bonchev–Trinajstić information content (AvgIpc) is 3.27. The molecule has 0 saturated heterocycles. The smallest absolute Gasteiger partial charge is 0.342 e. The van der Waals surface area contributed by atoms with E-state index in [-0.39, 0.29) is 40.9 Å². The lowest BCUT2D eigenvalue weighted by Gasteiger charge is -2.20. The van der Waals surface area contributed by atoms with Crippen molar-refractivity contribution in [3.05, 3.63) is 71.3 Å². The normalized spacial score (nSPS) is 12.9. The summed E-state index contributed by atoms with van der Waals surface area (Å²) in [4.78, 5) is 28.5. The molecule has 3 aromatic heterocycles. The van der Waals surface area contributed by atoms with Crippen LogP contribution in [0.15, 0.2) is 42.6 Å².